The molecule has 0 radical (unpaired) electrons. The van der Waals surface area contributed by atoms with Gasteiger partial charge in [0.05, 0.1) is 59.8 Å². The number of fused-ring (bicyclic) bond motifs is 8. The molecule has 4 bridgehead atoms. The second-order valence-electron chi connectivity index (χ2n) is 24.0. The third-order valence-corrected chi connectivity index (χ3v) is 20.6. The molecule has 9 aliphatic carbocycles. The first kappa shape index (κ1) is 47.9. The lowest BCUT2D eigenvalue weighted by atomic mass is 9.39. The van der Waals surface area contributed by atoms with Crippen LogP contribution in [0.3, 0.4) is 0 Å². The molecule has 68 heavy (non-hydrogen) atoms. The van der Waals surface area contributed by atoms with Crippen LogP contribution in [0.15, 0.2) is 41.4 Å². The number of aliphatic hydroxyl groups is 6. The van der Waals surface area contributed by atoms with Gasteiger partial charge in [0.15, 0.2) is 11.6 Å². The number of esters is 1. The summed E-state index contributed by atoms with van der Waals surface area (Å²) in [5.41, 5.74) is -4.12. The number of H-pyrrole nitrogens is 1. The maximum atomic E-state index is 15.6. The molecule has 0 amide bonds. The van der Waals surface area contributed by atoms with E-state index in [0.29, 0.717) is 36.7 Å². The Bertz CT molecular complexity index is 2380. The zero-order chi connectivity index (χ0) is 48.3. The maximum Gasteiger partial charge on any atom is 0.313 e. The lowest BCUT2D eigenvalue weighted by Gasteiger charge is -2.65. The van der Waals surface area contributed by atoms with Crippen molar-refractivity contribution in [3.63, 3.8) is 0 Å². The minimum Gasteiger partial charge on any atom is -0.465 e. The molecule has 2 heterocycles. The third kappa shape index (κ3) is 7.03. The molecule has 1 aromatic rings. The van der Waals surface area contributed by atoms with Crippen molar-refractivity contribution in [3.05, 3.63) is 46.9 Å². The number of hydrogen-bond donors (Lipinski definition) is 8. The van der Waals surface area contributed by atoms with Gasteiger partial charge < -0.3 is 45.7 Å². The van der Waals surface area contributed by atoms with Crippen LogP contribution in [0.5, 0.6) is 0 Å². The standard InChI is InChI=1S/C56H74N2O10/c1-30-11-12-33-13-14-37-31(2)22-45(63)53(5,66)49-35(10-8-9-34(23-39(37)38(33)21-30)40-29-68-51(65)46(40)36-16-20-57-27-36)24-56(67)47-41-15-19-54(49,56)17-6-7-18-55(26-44(62)43(61)25-52(41,55)4)50(64)48(47)58-42(28-59)32(3)60/h13,16,20,27,30-31,34-35,37-46,49,57-59,61-63,66-67H,10-12,14-15,17-19,21-26,28-29H2,1-5H3/t30-,31-,34-,35+,37+,38+,39-,40+,41+,42+,43+,44-,45-,46-,49-,52-,53+,54-,55+,56-/m1/s1. The number of aliphatic hydroxyl groups excluding tert-OH is 4. The normalized spacial score (nSPS) is 47.9. The number of ether oxygens (including phenoxy) is 1. The molecule has 1 aromatic heterocycles. The van der Waals surface area contributed by atoms with E-state index in [1.54, 1.807) is 6.92 Å². The van der Waals surface area contributed by atoms with Crippen molar-refractivity contribution in [2.75, 3.05) is 13.2 Å². The Morgan fingerprint density at radius 1 is 0.971 bits per heavy atom. The first-order valence-electron chi connectivity index (χ1n) is 25.9. The maximum absolute atomic E-state index is 15.6. The molecule has 4 saturated carbocycles. The van der Waals surface area contributed by atoms with Crippen LogP contribution < -0.4 is 5.32 Å². The average Bonchev–Trinajstić information content (AvgIpc) is 4.02. The molecular formula is C56H74N2O10. The molecule has 0 unspecified atom stereocenters. The molecule has 5 fully saturated rings. The number of aromatic nitrogens is 1. The number of nitrogens with one attached hydrogen (secondary N) is 2. The Labute approximate surface area is 401 Å². The smallest absolute Gasteiger partial charge is 0.313 e. The van der Waals surface area contributed by atoms with Gasteiger partial charge in [-0.15, -0.1) is 17.8 Å². The fraction of sp³-hybridized carbons (Fsp3) is 0.732. The van der Waals surface area contributed by atoms with Crippen molar-refractivity contribution in [1.82, 2.24) is 10.3 Å². The summed E-state index contributed by atoms with van der Waals surface area (Å²) < 4.78 is 5.90. The molecule has 12 heteroatoms. The lowest BCUT2D eigenvalue weighted by Crippen LogP contribution is -2.69. The molecule has 12 nitrogen and oxygen atoms in total. The zero-order valence-electron chi connectivity index (χ0n) is 40.6. The summed E-state index contributed by atoms with van der Waals surface area (Å²) in [5.74, 6) is 11.8. The molecule has 20 atom stereocenters. The van der Waals surface area contributed by atoms with E-state index in [1.165, 1.54) is 12.5 Å². The van der Waals surface area contributed by atoms with Gasteiger partial charge in [-0.3, -0.25) is 14.4 Å². The van der Waals surface area contributed by atoms with Crippen LogP contribution in [0.2, 0.25) is 0 Å². The van der Waals surface area contributed by atoms with Crippen molar-refractivity contribution in [1.29, 1.82) is 0 Å². The van der Waals surface area contributed by atoms with Crippen LogP contribution in [-0.2, 0) is 19.1 Å². The van der Waals surface area contributed by atoms with Gasteiger partial charge in [0.25, 0.3) is 0 Å². The highest BCUT2D eigenvalue weighted by Gasteiger charge is 2.76. The highest BCUT2D eigenvalue weighted by molar-refractivity contribution is 6.03. The van der Waals surface area contributed by atoms with E-state index in [0.717, 1.165) is 37.7 Å². The topological polar surface area (TPSA) is 210 Å². The lowest BCUT2D eigenvalue weighted by molar-refractivity contribution is -0.198. The number of cyclic esters (lactones) is 1. The number of carbonyl (C=O) groups is 3. The summed E-state index contributed by atoms with van der Waals surface area (Å²) in [6.07, 6.45) is 9.34. The Morgan fingerprint density at radius 2 is 1.74 bits per heavy atom. The van der Waals surface area contributed by atoms with Crippen molar-refractivity contribution in [2.45, 2.75) is 166 Å². The van der Waals surface area contributed by atoms with E-state index in [2.05, 4.69) is 53.9 Å². The predicted octanol–water partition coefficient (Wildman–Crippen LogP) is 5.27. The Hall–Kier alpha value is -3.75. The SMILES string of the molecule is CC(=O)[C@H](CO)NC1=C2[C@@H]3CC[C@]4(CC#CC[C@]5(C[C@@H](O)[C@@H](O)C[C@]35C)C1=O)[C@@H]1[C@@H](CC#C[C@@H]([C@@H]3COC(=O)[C@@H]3c3cc[nH]c3)C[C@@H]3[C@@H](CC=C5CC[C@@H](C)C[C@@H]53)[C@H](C)C[C@@H](O)[C@]1(C)O)C[C@@]24O. The van der Waals surface area contributed by atoms with Gasteiger partial charge in [-0.25, -0.2) is 0 Å². The summed E-state index contributed by atoms with van der Waals surface area (Å²) in [6.45, 7) is 9.26. The molecule has 1 saturated heterocycles. The third-order valence-electron chi connectivity index (χ3n) is 20.6. The molecule has 11 rings (SSSR count). The van der Waals surface area contributed by atoms with Crippen LogP contribution in [0.1, 0.15) is 136 Å². The molecule has 10 aliphatic rings. The largest absolute Gasteiger partial charge is 0.465 e. The number of hydrogen-bond acceptors (Lipinski definition) is 11. The second kappa shape index (κ2) is 17.2. The first-order valence-corrected chi connectivity index (χ1v) is 25.9. The fourth-order valence-corrected chi connectivity index (χ4v) is 17.1. The van der Waals surface area contributed by atoms with Crippen LogP contribution in [0.25, 0.3) is 0 Å². The zero-order valence-corrected chi connectivity index (χ0v) is 40.6. The highest BCUT2D eigenvalue weighted by atomic mass is 16.5. The average molecular weight is 935 g/mol. The minimum absolute atomic E-state index is 0.0127. The number of ketones is 2. The molecule has 0 aromatic carbocycles. The predicted molar refractivity (Wildman–Crippen MR) is 252 cm³/mol. The van der Waals surface area contributed by atoms with Crippen molar-refractivity contribution in [2.24, 2.45) is 75.4 Å². The van der Waals surface area contributed by atoms with E-state index >= 15 is 4.79 Å². The second-order valence-corrected chi connectivity index (χ2v) is 24.0. The van der Waals surface area contributed by atoms with Gasteiger partial charge in [-0.2, -0.15) is 0 Å². The number of allylic oxidation sites excluding steroid dienone is 3. The van der Waals surface area contributed by atoms with Gasteiger partial charge in [0.1, 0.15) is 6.04 Å². The van der Waals surface area contributed by atoms with Crippen LogP contribution in [-0.4, -0.2) is 102 Å². The van der Waals surface area contributed by atoms with E-state index < -0.39 is 87.9 Å². The number of rotatable bonds is 6. The first-order chi connectivity index (χ1) is 32.3. The van der Waals surface area contributed by atoms with E-state index in [4.69, 9.17) is 4.74 Å². The number of Topliss-reactive ketones (excluding diaryl/α,β-unsaturated/α-hetero) is 2. The van der Waals surface area contributed by atoms with Crippen molar-refractivity contribution < 1.29 is 49.8 Å². The Morgan fingerprint density at radius 3 is 2.47 bits per heavy atom. The van der Waals surface area contributed by atoms with Gasteiger partial charge in [0, 0.05) is 54.8 Å². The molecular weight excluding hydrogens is 861 g/mol. The Kier molecular flexibility index (Phi) is 12.1. The highest BCUT2D eigenvalue weighted by Crippen LogP contribution is 2.74. The van der Waals surface area contributed by atoms with E-state index in [9.17, 15) is 40.2 Å². The van der Waals surface area contributed by atoms with E-state index in [1.807, 2.05) is 25.4 Å². The van der Waals surface area contributed by atoms with Gasteiger partial charge >= 0.3 is 5.97 Å². The minimum atomic E-state index is -1.81. The van der Waals surface area contributed by atoms with Crippen molar-refractivity contribution >= 4 is 17.5 Å². The fourth-order valence-electron chi connectivity index (χ4n) is 17.1. The summed E-state index contributed by atoms with van der Waals surface area (Å²) in [7, 11) is 0. The summed E-state index contributed by atoms with van der Waals surface area (Å²) in [4.78, 5) is 45.5. The van der Waals surface area contributed by atoms with Crippen LogP contribution >= 0.6 is 0 Å². The number of carbonyl (C=O) groups excluding carboxylic acids is 3. The summed E-state index contributed by atoms with van der Waals surface area (Å²) in [6, 6.07) is 0.791. The molecule has 368 valence electrons. The van der Waals surface area contributed by atoms with E-state index in [-0.39, 0.29) is 92.2 Å². The monoisotopic (exact) mass is 935 g/mol. The van der Waals surface area contributed by atoms with Gasteiger partial charge in [-0.05, 0) is 149 Å². The van der Waals surface area contributed by atoms with Crippen LogP contribution in [0, 0.1) is 99.1 Å². The number of aromatic amines is 1. The summed E-state index contributed by atoms with van der Waals surface area (Å²) >= 11 is 0. The molecule has 1 aliphatic heterocycles. The summed E-state index contributed by atoms with van der Waals surface area (Å²) in [5, 5.41) is 76.9. The van der Waals surface area contributed by atoms with Crippen molar-refractivity contribution in [3.8, 4) is 23.7 Å². The van der Waals surface area contributed by atoms with Gasteiger partial charge in [0.2, 0.25) is 0 Å². The Balaban J connectivity index is 1.15. The molecule has 8 N–H and O–H groups in total. The van der Waals surface area contributed by atoms with Crippen LogP contribution in [0.4, 0.5) is 0 Å². The van der Waals surface area contributed by atoms with Gasteiger partial charge in [-0.1, -0.05) is 38.3 Å². The molecule has 2 spiro atoms. The quantitative estimate of drug-likeness (QED) is 0.105.